The molecule has 1 aromatic heterocycles. The first-order valence-corrected chi connectivity index (χ1v) is 7.75. The Morgan fingerprint density at radius 2 is 1.96 bits per heavy atom. The lowest BCUT2D eigenvalue weighted by Gasteiger charge is -2.09. The molecular weight excluding hydrogens is 330 g/mol. The van der Waals surface area contributed by atoms with E-state index in [0.717, 1.165) is 5.56 Å². The predicted octanol–water partition coefficient (Wildman–Crippen LogP) is 2.64. The van der Waals surface area contributed by atoms with Crippen molar-refractivity contribution in [2.45, 2.75) is 13.0 Å². The number of esters is 1. The third kappa shape index (κ3) is 5.33. The van der Waals surface area contributed by atoms with Crippen LogP contribution in [0.5, 0.6) is 0 Å². The molecular formula is C17H18ClN3O3. The van der Waals surface area contributed by atoms with Gasteiger partial charge >= 0.3 is 5.97 Å². The number of hydrogen-bond acceptors (Lipinski definition) is 5. The van der Waals surface area contributed by atoms with Gasteiger partial charge in [0, 0.05) is 31.9 Å². The Labute approximate surface area is 145 Å². The molecule has 0 bridgehead atoms. The summed E-state index contributed by atoms with van der Waals surface area (Å²) in [6, 6.07) is 8.40. The number of anilines is 1. The molecule has 126 valence electrons. The quantitative estimate of drug-likeness (QED) is 0.594. The monoisotopic (exact) mass is 347 g/mol. The fraction of sp³-hybridized carbons (Fsp3) is 0.235. The van der Waals surface area contributed by atoms with Gasteiger partial charge in [0.05, 0.1) is 23.4 Å². The molecule has 0 unspecified atom stereocenters. The van der Waals surface area contributed by atoms with Crippen molar-refractivity contribution in [3.05, 3.63) is 58.9 Å². The molecule has 0 saturated heterocycles. The second-order valence-corrected chi connectivity index (χ2v) is 5.42. The van der Waals surface area contributed by atoms with E-state index >= 15 is 0 Å². The van der Waals surface area contributed by atoms with Gasteiger partial charge in [-0.05, 0) is 35.9 Å². The van der Waals surface area contributed by atoms with Crippen LogP contribution >= 0.6 is 11.6 Å². The Morgan fingerprint density at radius 3 is 2.67 bits per heavy atom. The fourth-order valence-electron chi connectivity index (χ4n) is 2.01. The Hall–Kier alpha value is -2.44. The van der Waals surface area contributed by atoms with Crippen LogP contribution in [0.4, 0.5) is 5.69 Å². The molecule has 0 aliphatic rings. The molecule has 24 heavy (non-hydrogen) atoms. The topological polar surface area (TPSA) is 80.3 Å². The summed E-state index contributed by atoms with van der Waals surface area (Å²) in [6.45, 7) is 1.18. The maximum atomic E-state index is 12.0. The van der Waals surface area contributed by atoms with E-state index in [1.54, 1.807) is 24.5 Å². The summed E-state index contributed by atoms with van der Waals surface area (Å²) >= 11 is 6.04. The van der Waals surface area contributed by atoms with Crippen LogP contribution in [-0.2, 0) is 16.1 Å². The number of aromatic nitrogens is 1. The number of carbonyl (C=O) groups excluding carboxylic acids is 2. The molecule has 6 nitrogen and oxygen atoms in total. The highest BCUT2D eigenvalue weighted by Crippen LogP contribution is 2.23. The minimum absolute atomic E-state index is 0.193. The van der Waals surface area contributed by atoms with E-state index in [1.807, 2.05) is 12.1 Å². The molecule has 2 aromatic rings. The minimum Gasteiger partial charge on any atom is -0.465 e. The smallest absolute Gasteiger partial charge is 0.337 e. The summed E-state index contributed by atoms with van der Waals surface area (Å²) in [7, 11) is 1.30. The van der Waals surface area contributed by atoms with Gasteiger partial charge in [-0.25, -0.2) is 4.79 Å². The molecule has 0 atom stereocenters. The Bertz CT molecular complexity index is 707. The van der Waals surface area contributed by atoms with E-state index in [4.69, 9.17) is 11.6 Å². The molecule has 1 heterocycles. The number of nitrogens with zero attached hydrogens (tertiary/aromatic N) is 1. The van der Waals surface area contributed by atoms with E-state index in [9.17, 15) is 9.59 Å². The van der Waals surface area contributed by atoms with Gasteiger partial charge in [0.2, 0.25) is 5.91 Å². The third-order valence-electron chi connectivity index (χ3n) is 3.27. The van der Waals surface area contributed by atoms with Crippen LogP contribution in [0.2, 0.25) is 5.02 Å². The minimum atomic E-state index is -0.485. The van der Waals surface area contributed by atoms with E-state index < -0.39 is 5.97 Å². The van der Waals surface area contributed by atoms with Crippen LogP contribution in [0.15, 0.2) is 42.7 Å². The van der Waals surface area contributed by atoms with Crippen LogP contribution in [0, 0.1) is 0 Å². The van der Waals surface area contributed by atoms with Gasteiger partial charge in [-0.1, -0.05) is 11.6 Å². The van der Waals surface area contributed by atoms with Crippen molar-refractivity contribution in [3.8, 4) is 0 Å². The van der Waals surface area contributed by atoms with E-state index in [0.29, 0.717) is 29.4 Å². The lowest BCUT2D eigenvalue weighted by Crippen LogP contribution is -2.21. The molecule has 2 N–H and O–H groups in total. The Balaban J connectivity index is 1.82. The first-order valence-electron chi connectivity index (χ1n) is 7.37. The normalized spacial score (nSPS) is 10.2. The van der Waals surface area contributed by atoms with Gasteiger partial charge in [-0.3, -0.25) is 9.78 Å². The molecule has 0 aliphatic carbocycles. The summed E-state index contributed by atoms with van der Waals surface area (Å²) in [5.41, 5.74) is 1.81. The maximum absolute atomic E-state index is 12.0. The average Bonchev–Trinajstić information content (AvgIpc) is 2.61. The highest BCUT2D eigenvalue weighted by Gasteiger charge is 2.11. The molecule has 1 aromatic carbocycles. The van der Waals surface area contributed by atoms with Gasteiger partial charge < -0.3 is 15.4 Å². The van der Waals surface area contributed by atoms with Gasteiger partial charge in [0.15, 0.2) is 0 Å². The highest BCUT2D eigenvalue weighted by molar-refractivity contribution is 6.33. The number of rotatable bonds is 7. The van der Waals surface area contributed by atoms with Crippen molar-refractivity contribution in [3.63, 3.8) is 0 Å². The molecule has 1 amide bonds. The van der Waals surface area contributed by atoms with Crippen LogP contribution in [0.25, 0.3) is 0 Å². The standard InChI is InChI=1S/C17H18ClN3O3/c1-24-17(23)13-2-3-14(18)15(10-13)21-16(22)6-9-20-11-12-4-7-19-8-5-12/h2-5,7-8,10,20H,6,9,11H2,1H3,(H,21,22). The van der Waals surface area contributed by atoms with Gasteiger partial charge in [-0.15, -0.1) is 0 Å². The number of pyridine rings is 1. The van der Waals surface area contributed by atoms with Crippen LogP contribution in [0.3, 0.4) is 0 Å². The van der Waals surface area contributed by atoms with Crippen molar-refractivity contribution in [1.29, 1.82) is 0 Å². The number of ether oxygens (including phenoxy) is 1. The number of nitrogens with one attached hydrogen (secondary N) is 2. The number of halogens is 1. The van der Waals surface area contributed by atoms with Crippen molar-refractivity contribution in [1.82, 2.24) is 10.3 Å². The average molecular weight is 348 g/mol. The molecule has 0 spiro atoms. The summed E-state index contributed by atoms with van der Waals surface area (Å²) in [5, 5.41) is 6.24. The number of benzene rings is 1. The number of carbonyl (C=O) groups is 2. The zero-order chi connectivity index (χ0) is 17.4. The highest BCUT2D eigenvalue weighted by atomic mass is 35.5. The molecule has 2 rings (SSSR count). The predicted molar refractivity (Wildman–Crippen MR) is 92.0 cm³/mol. The number of methoxy groups -OCH3 is 1. The lowest BCUT2D eigenvalue weighted by molar-refractivity contribution is -0.116. The van der Waals surface area contributed by atoms with E-state index in [2.05, 4.69) is 20.4 Å². The number of hydrogen-bond donors (Lipinski definition) is 2. The Kier molecular flexibility index (Phi) is 6.72. The molecule has 7 heteroatoms. The summed E-state index contributed by atoms with van der Waals surface area (Å²) in [6.07, 6.45) is 3.73. The first kappa shape index (κ1) is 17.9. The van der Waals surface area contributed by atoms with Crippen LogP contribution < -0.4 is 10.6 Å². The first-order chi connectivity index (χ1) is 11.6. The van der Waals surface area contributed by atoms with Crippen molar-refractivity contribution in [2.24, 2.45) is 0 Å². The SMILES string of the molecule is COC(=O)c1ccc(Cl)c(NC(=O)CCNCc2ccncc2)c1. The third-order valence-corrected chi connectivity index (χ3v) is 3.60. The fourth-order valence-corrected chi connectivity index (χ4v) is 2.18. The number of amides is 1. The van der Waals surface area contributed by atoms with Crippen LogP contribution in [-0.4, -0.2) is 30.5 Å². The zero-order valence-electron chi connectivity index (χ0n) is 13.2. The Morgan fingerprint density at radius 1 is 1.21 bits per heavy atom. The molecule has 0 saturated carbocycles. The second kappa shape index (κ2) is 9.00. The maximum Gasteiger partial charge on any atom is 0.337 e. The summed E-state index contributed by atoms with van der Waals surface area (Å²) in [5.74, 6) is -0.678. The van der Waals surface area contributed by atoms with E-state index in [-0.39, 0.29) is 12.3 Å². The molecule has 0 fully saturated rings. The zero-order valence-corrected chi connectivity index (χ0v) is 14.0. The molecule has 0 radical (unpaired) electrons. The largest absolute Gasteiger partial charge is 0.465 e. The lowest BCUT2D eigenvalue weighted by atomic mass is 10.2. The van der Waals surface area contributed by atoms with Crippen molar-refractivity contribution >= 4 is 29.2 Å². The molecule has 0 aliphatic heterocycles. The van der Waals surface area contributed by atoms with Crippen LogP contribution in [0.1, 0.15) is 22.3 Å². The summed E-state index contributed by atoms with van der Waals surface area (Å²) in [4.78, 5) is 27.5. The van der Waals surface area contributed by atoms with Gasteiger partial charge in [0.1, 0.15) is 0 Å². The van der Waals surface area contributed by atoms with Crippen molar-refractivity contribution < 1.29 is 14.3 Å². The van der Waals surface area contributed by atoms with Gasteiger partial charge in [0.25, 0.3) is 0 Å². The van der Waals surface area contributed by atoms with Gasteiger partial charge in [-0.2, -0.15) is 0 Å². The second-order valence-electron chi connectivity index (χ2n) is 5.02. The van der Waals surface area contributed by atoms with E-state index in [1.165, 1.54) is 13.2 Å². The summed E-state index contributed by atoms with van der Waals surface area (Å²) < 4.78 is 4.65. The van der Waals surface area contributed by atoms with Crippen molar-refractivity contribution in [2.75, 3.05) is 19.0 Å².